The largest absolute Gasteiger partial charge is 0.338 e. The van der Waals surface area contributed by atoms with Crippen LogP contribution in [-0.4, -0.2) is 48.4 Å². The van der Waals surface area contributed by atoms with Crippen molar-refractivity contribution in [3.8, 4) is 0 Å². The number of carbonyl (C=O) groups excluding carboxylic acids is 1. The normalized spacial score (nSPS) is 18.7. The summed E-state index contributed by atoms with van der Waals surface area (Å²) in [6, 6.07) is 25.2. The summed E-state index contributed by atoms with van der Waals surface area (Å²) in [6.07, 6.45) is 3.23. The molecule has 3 aromatic carbocycles. The number of amides is 1. The molecule has 0 radical (unpaired) electrons. The van der Waals surface area contributed by atoms with Crippen molar-refractivity contribution < 1.29 is 9.18 Å². The lowest BCUT2D eigenvalue weighted by atomic mass is 9.89. The van der Waals surface area contributed by atoms with Gasteiger partial charge in [-0.3, -0.25) is 4.79 Å². The molecule has 0 saturated carbocycles. The molecule has 4 aromatic rings. The Kier molecular flexibility index (Phi) is 8.09. The molecule has 2 aliphatic rings. The Morgan fingerprint density at radius 2 is 1.61 bits per heavy atom. The van der Waals surface area contributed by atoms with Gasteiger partial charge in [0, 0.05) is 25.2 Å². The summed E-state index contributed by atoms with van der Waals surface area (Å²) in [5.41, 5.74) is 1.95. The van der Waals surface area contributed by atoms with E-state index in [1.54, 1.807) is 17.4 Å². The summed E-state index contributed by atoms with van der Waals surface area (Å²) in [7, 11) is 0. The zero-order valence-corrected chi connectivity index (χ0v) is 21.4. The topological polar surface area (TPSA) is 23.6 Å². The Morgan fingerprint density at radius 1 is 0.861 bits per heavy atom. The van der Waals surface area contributed by atoms with Gasteiger partial charge in [0.2, 0.25) is 0 Å². The molecule has 0 unspecified atom stereocenters. The molecule has 2 saturated heterocycles. The van der Waals surface area contributed by atoms with Crippen LogP contribution < -0.4 is 0 Å². The highest BCUT2D eigenvalue weighted by Gasteiger charge is 2.30. The van der Waals surface area contributed by atoms with Crippen molar-refractivity contribution >= 4 is 28.0 Å². The van der Waals surface area contributed by atoms with Crippen LogP contribution in [-0.2, 0) is 0 Å². The second-order valence-corrected chi connectivity index (χ2v) is 10.7. The predicted octanol–water partition coefficient (Wildman–Crippen LogP) is 7.07. The fraction of sp³-hybridized carbons (Fsp3) is 0.323. The zero-order valence-electron chi connectivity index (χ0n) is 20.6. The second-order valence-electron chi connectivity index (χ2n) is 9.86. The monoisotopic (exact) mass is 500 g/mol. The molecule has 186 valence electrons. The fourth-order valence-electron chi connectivity index (χ4n) is 5.55. The Hall–Kier alpha value is -3.02. The van der Waals surface area contributed by atoms with Crippen molar-refractivity contribution in [1.29, 1.82) is 0 Å². The van der Waals surface area contributed by atoms with Crippen LogP contribution in [0.2, 0.25) is 0 Å². The Morgan fingerprint density at radius 3 is 2.36 bits per heavy atom. The van der Waals surface area contributed by atoms with Crippen molar-refractivity contribution in [3.05, 3.63) is 107 Å². The van der Waals surface area contributed by atoms with Crippen LogP contribution in [0.3, 0.4) is 0 Å². The minimum absolute atomic E-state index is 0.137. The van der Waals surface area contributed by atoms with Crippen molar-refractivity contribution in [2.24, 2.45) is 5.92 Å². The number of piperidine rings is 1. The standard InChI is InChI=1S/C27H29FN2O.C4H4S/c28-24-8-3-7-23(17-24)21-12-14-29(15-13-21)18-20-11-16-30(19-20)27(31)26-10-4-6-22-5-1-2-9-25(22)26;1-2-4-5-3-1/h1-10,17,20-21H,11-16,18-19H2;1-4H/t20-;/m1./s1. The molecule has 0 spiro atoms. The SMILES string of the molecule is O=C(c1cccc2ccccc12)N1CC[C@H](CN2CCC(c3cccc(F)c3)CC2)C1.c1ccsc1. The van der Waals surface area contributed by atoms with Gasteiger partial charge in [0.05, 0.1) is 0 Å². The second kappa shape index (κ2) is 11.8. The molecule has 5 heteroatoms. The van der Waals surface area contributed by atoms with Gasteiger partial charge in [-0.2, -0.15) is 11.3 Å². The van der Waals surface area contributed by atoms with Crippen LogP contribution in [0.5, 0.6) is 0 Å². The molecule has 0 bridgehead atoms. The fourth-order valence-corrected chi connectivity index (χ4v) is 6.00. The zero-order chi connectivity index (χ0) is 24.7. The molecular weight excluding hydrogens is 467 g/mol. The van der Waals surface area contributed by atoms with Crippen LogP contribution in [0.4, 0.5) is 4.39 Å². The highest BCUT2D eigenvalue weighted by molar-refractivity contribution is 7.07. The summed E-state index contributed by atoms with van der Waals surface area (Å²) in [6.45, 7) is 4.83. The summed E-state index contributed by atoms with van der Waals surface area (Å²) < 4.78 is 13.5. The van der Waals surface area contributed by atoms with Crippen LogP contribution in [0.25, 0.3) is 10.8 Å². The molecule has 2 aliphatic heterocycles. The minimum atomic E-state index is -0.137. The number of hydrogen-bond acceptors (Lipinski definition) is 3. The van der Waals surface area contributed by atoms with Crippen molar-refractivity contribution in [2.45, 2.75) is 25.2 Å². The summed E-state index contributed by atoms with van der Waals surface area (Å²) in [5, 5.41) is 6.24. The van der Waals surface area contributed by atoms with E-state index < -0.39 is 0 Å². The maximum Gasteiger partial charge on any atom is 0.254 e. The van der Waals surface area contributed by atoms with Gasteiger partial charge in [-0.05, 0) is 89.5 Å². The molecule has 6 rings (SSSR count). The number of halogens is 1. The number of thiophene rings is 1. The Balaban J connectivity index is 0.000000477. The third-order valence-electron chi connectivity index (χ3n) is 7.44. The van der Waals surface area contributed by atoms with E-state index in [0.717, 1.165) is 73.9 Å². The van der Waals surface area contributed by atoms with Gasteiger partial charge in [-0.15, -0.1) is 0 Å². The van der Waals surface area contributed by atoms with E-state index in [-0.39, 0.29) is 11.7 Å². The van der Waals surface area contributed by atoms with Crippen molar-refractivity contribution in [2.75, 3.05) is 32.7 Å². The van der Waals surface area contributed by atoms with Gasteiger partial charge in [-0.1, -0.05) is 60.7 Å². The molecule has 0 aliphatic carbocycles. The summed E-state index contributed by atoms with van der Waals surface area (Å²) >= 11 is 1.71. The number of benzene rings is 3. The van der Waals surface area contributed by atoms with Crippen LogP contribution >= 0.6 is 11.3 Å². The first-order valence-corrected chi connectivity index (χ1v) is 13.8. The molecule has 1 atom stereocenters. The molecule has 0 N–H and O–H groups in total. The number of fused-ring (bicyclic) bond motifs is 1. The number of likely N-dealkylation sites (tertiary alicyclic amines) is 2. The van der Waals surface area contributed by atoms with E-state index in [0.29, 0.717) is 11.8 Å². The third-order valence-corrected chi connectivity index (χ3v) is 8.07. The minimum Gasteiger partial charge on any atom is -0.338 e. The van der Waals surface area contributed by atoms with Gasteiger partial charge in [0.1, 0.15) is 5.82 Å². The van der Waals surface area contributed by atoms with Crippen LogP contribution in [0.15, 0.2) is 89.6 Å². The predicted molar refractivity (Wildman–Crippen MR) is 147 cm³/mol. The average Bonchev–Trinajstić information content (AvgIpc) is 3.64. The molecule has 1 amide bonds. The van der Waals surface area contributed by atoms with Gasteiger partial charge in [-0.25, -0.2) is 4.39 Å². The van der Waals surface area contributed by atoms with E-state index in [9.17, 15) is 9.18 Å². The first-order chi connectivity index (χ1) is 17.7. The molecule has 3 nitrogen and oxygen atoms in total. The molecule has 2 fully saturated rings. The van der Waals surface area contributed by atoms with Gasteiger partial charge in [0.25, 0.3) is 5.91 Å². The summed E-state index contributed by atoms with van der Waals surface area (Å²) in [4.78, 5) is 17.8. The van der Waals surface area contributed by atoms with E-state index in [4.69, 9.17) is 0 Å². The molecular formula is C31H33FN2OS. The maximum atomic E-state index is 13.5. The van der Waals surface area contributed by atoms with E-state index in [1.807, 2.05) is 64.2 Å². The average molecular weight is 501 g/mol. The number of rotatable bonds is 4. The lowest BCUT2D eigenvalue weighted by Gasteiger charge is -2.33. The number of nitrogens with zero attached hydrogens (tertiary/aromatic N) is 2. The van der Waals surface area contributed by atoms with Crippen molar-refractivity contribution in [1.82, 2.24) is 9.80 Å². The highest BCUT2D eigenvalue weighted by atomic mass is 32.1. The van der Waals surface area contributed by atoms with Gasteiger partial charge < -0.3 is 9.80 Å². The number of carbonyl (C=O) groups is 1. The van der Waals surface area contributed by atoms with Crippen molar-refractivity contribution in [3.63, 3.8) is 0 Å². The van der Waals surface area contributed by atoms with Gasteiger partial charge in [0.15, 0.2) is 0 Å². The van der Waals surface area contributed by atoms with Crippen LogP contribution in [0.1, 0.15) is 41.1 Å². The quantitative estimate of drug-likeness (QED) is 0.299. The first-order valence-electron chi connectivity index (χ1n) is 12.9. The van der Waals surface area contributed by atoms with E-state index in [2.05, 4.69) is 23.1 Å². The lowest BCUT2D eigenvalue weighted by molar-refractivity contribution is 0.0784. The highest BCUT2D eigenvalue weighted by Crippen LogP contribution is 2.30. The first kappa shape index (κ1) is 24.7. The Bertz CT molecular complexity index is 1240. The van der Waals surface area contributed by atoms with E-state index >= 15 is 0 Å². The number of hydrogen-bond donors (Lipinski definition) is 0. The van der Waals surface area contributed by atoms with Crippen LogP contribution in [0, 0.1) is 11.7 Å². The smallest absolute Gasteiger partial charge is 0.254 e. The maximum absolute atomic E-state index is 13.5. The van der Waals surface area contributed by atoms with E-state index in [1.165, 1.54) is 6.07 Å². The molecule has 36 heavy (non-hydrogen) atoms. The van der Waals surface area contributed by atoms with Gasteiger partial charge >= 0.3 is 0 Å². The lowest BCUT2D eigenvalue weighted by Crippen LogP contribution is -2.37. The third kappa shape index (κ3) is 6.03. The molecule has 1 aromatic heterocycles. The Labute approximate surface area is 217 Å². The molecule has 3 heterocycles. The summed E-state index contributed by atoms with van der Waals surface area (Å²) in [5.74, 6) is 1.01.